The van der Waals surface area contributed by atoms with Crippen molar-refractivity contribution in [2.75, 3.05) is 27.2 Å². The first kappa shape index (κ1) is 23.9. The van der Waals surface area contributed by atoms with Crippen molar-refractivity contribution in [3.05, 3.63) is 0 Å². The Morgan fingerprint density at radius 2 is 1.54 bits per heavy atom. The lowest BCUT2D eigenvalue weighted by atomic mass is 9.79. The van der Waals surface area contributed by atoms with E-state index in [1.54, 1.807) is 0 Å². The number of nitrogens with zero attached hydrogens (tertiary/aromatic N) is 1. The highest BCUT2D eigenvalue weighted by Crippen LogP contribution is 2.32. The Bertz CT molecular complexity index is 341. The third-order valence-electron chi connectivity index (χ3n) is 6.61. The molecule has 146 valence electrons. The molecule has 0 saturated carbocycles. The van der Waals surface area contributed by atoms with Crippen LogP contribution in [0.5, 0.6) is 0 Å². The first-order chi connectivity index (χ1) is 10.8. The average Bonchev–Trinajstić information content (AvgIpc) is 2.45. The fraction of sp³-hybridized carbons (Fsp3) is 1.00. The lowest BCUT2D eigenvalue weighted by Gasteiger charge is -2.46. The highest BCUT2D eigenvalue weighted by molar-refractivity contribution is 4.82. The summed E-state index contributed by atoms with van der Waals surface area (Å²) in [4.78, 5) is 0. The summed E-state index contributed by atoms with van der Waals surface area (Å²) < 4.78 is 1.04. The van der Waals surface area contributed by atoms with Crippen molar-refractivity contribution < 1.29 is 4.48 Å². The fourth-order valence-electron chi connectivity index (χ4n) is 3.71. The number of rotatable bonds is 12. The van der Waals surface area contributed by atoms with Crippen LogP contribution >= 0.6 is 0 Å². The van der Waals surface area contributed by atoms with Crippen molar-refractivity contribution >= 4 is 0 Å². The number of hydrogen-bond donors (Lipinski definition) is 2. The second-order valence-electron chi connectivity index (χ2n) is 10.1. The lowest BCUT2D eigenvalue weighted by Crippen LogP contribution is -2.58. The van der Waals surface area contributed by atoms with Crippen molar-refractivity contribution in [2.45, 2.75) is 92.2 Å². The van der Waals surface area contributed by atoms with Gasteiger partial charge in [-0.1, -0.05) is 47.0 Å². The molecule has 0 aliphatic carbocycles. The molecule has 0 radical (unpaired) electrons. The summed E-state index contributed by atoms with van der Waals surface area (Å²) >= 11 is 0. The zero-order chi connectivity index (χ0) is 19.2. The van der Waals surface area contributed by atoms with E-state index in [0.717, 1.165) is 16.9 Å². The maximum atomic E-state index is 6.37. The van der Waals surface area contributed by atoms with Crippen molar-refractivity contribution in [1.82, 2.24) is 0 Å². The molecule has 0 aromatic heterocycles. The zero-order valence-corrected chi connectivity index (χ0v) is 18.3. The topological polar surface area (TPSA) is 52.0 Å². The van der Waals surface area contributed by atoms with E-state index in [9.17, 15) is 0 Å². The SMILES string of the molecule is CCCCCC(CC(C)C(C)(C)N)C[N+](C)(C)C(C)C(C)(C)CN. The minimum atomic E-state index is -0.0949. The minimum Gasteiger partial charge on any atom is -0.330 e. The molecule has 0 heterocycles. The van der Waals surface area contributed by atoms with Crippen LogP contribution in [0.25, 0.3) is 0 Å². The molecule has 3 nitrogen and oxygen atoms in total. The normalized spacial score (nSPS) is 17.6. The van der Waals surface area contributed by atoms with Gasteiger partial charge < -0.3 is 16.0 Å². The van der Waals surface area contributed by atoms with Crippen LogP contribution in [0.4, 0.5) is 0 Å². The van der Waals surface area contributed by atoms with Gasteiger partial charge in [0.05, 0.1) is 26.7 Å². The van der Waals surface area contributed by atoms with Gasteiger partial charge in [0.1, 0.15) is 0 Å². The van der Waals surface area contributed by atoms with E-state index in [1.807, 2.05) is 0 Å². The first-order valence-electron chi connectivity index (χ1n) is 10.1. The van der Waals surface area contributed by atoms with Crippen LogP contribution in [0.15, 0.2) is 0 Å². The predicted octanol–water partition coefficient (Wildman–Crippen LogP) is 4.40. The van der Waals surface area contributed by atoms with Gasteiger partial charge in [-0.15, -0.1) is 0 Å². The molecule has 0 bridgehead atoms. The first-order valence-corrected chi connectivity index (χ1v) is 10.1. The molecule has 0 amide bonds. The van der Waals surface area contributed by atoms with Gasteiger partial charge in [-0.05, 0) is 39.5 Å². The molecule has 0 aromatic carbocycles. The molecular formula is C21H48N3+. The Balaban J connectivity index is 5.07. The Morgan fingerprint density at radius 1 is 1.00 bits per heavy atom. The van der Waals surface area contributed by atoms with Crippen molar-refractivity contribution in [3.8, 4) is 0 Å². The summed E-state index contributed by atoms with van der Waals surface area (Å²) in [6.07, 6.45) is 6.53. The third kappa shape index (κ3) is 7.84. The zero-order valence-electron chi connectivity index (χ0n) is 18.3. The van der Waals surface area contributed by atoms with Gasteiger partial charge in [0.2, 0.25) is 0 Å². The molecule has 0 aliphatic heterocycles. The van der Waals surface area contributed by atoms with Crippen LogP contribution in [0, 0.1) is 17.3 Å². The summed E-state index contributed by atoms with van der Waals surface area (Å²) in [5.41, 5.74) is 12.5. The van der Waals surface area contributed by atoms with Gasteiger partial charge in [-0.3, -0.25) is 0 Å². The molecule has 0 aliphatic rings. The molecule has 3 atom stereocenters. The second-order valence-corrected chi connectivity index (χ2v) is 10.1. The summed E-state index contributed by atoms with van der Waals surface area (Å²) in [7, 11) is 4.76. The van der Waals surface area contributed by atoms with E-state index in [4.69, 9.17) is 11.5 Å². The molecule has 0 spiro atoms. The molecule has 0 rings (SSSR count). The van der Waals surface area contributed by atoms with Crippen molar-refractivity contribution in [1.29, 1.82) is 0 Å². The Labute approximate surface area is 153 Å². The maximum absolute atomic E-state index is 6.37. The van der Waals surface area contributed by atoms with E-state index < -0.39 is 0 Å². The largest absolute Gasteiger partial charge is 0.330 e. The third-order valence-corrected chi connectivity index (χ3v) is 6.61. The van der Waals surface area contributed by atoms with E-state index in [1.165, 1.54) is 38.6 Å². The van der Waals surface area contributed by atoms with Gasteiger partial charge in [0, 0.05) is 23.4 Å². The molecule has 0 aromatic rings. The van der Waals surface area contributed by atoms with Crippen LogP contribution in [-0.4, -0.2) is 43.2 Å². The molecule has 4 N–H and O–H groups in total. The van der Waals surface area contributed by atoms with Crippen molar-refractivity contribution in [2.24, 2.45) is 28.7 Å². The highest BCUT2D eigenvalue weighted by atomic mass is 15.3. The van der Waals surface area contributed by atoms with Crippen LogP contribution in [-0.2, 0) is 0 Å². The monoisotopic (exact) mass is 342 g/mol. The van der Waals surface area contributed by atoms with E-state index in [0.29, 0.717) is 12.0 Å². The standard InChI is InChI=1S/C21H48N3/c1-10-11-12-13-19(14-17(2)21(6,7)23)15-24(8,9)18(3)20(4,5)16-22/h17-19H,10-16,22-23H2,1-9H3/q+1. The maximum Gasteiger partial charge on any atom is 0.0921 e. The van der Waals surface area contributed by atoms with E-state index in [2.05, 4.69) is 62.6 Å². The van der Waals surface area contributed by atoms with Gasteiger partial charge in [0.25, 0.3) is 0 Å². The van der Waals surface area contributed by atoms with Gasteiger partial charge >= 0.3 is 0 Å². The Kier molecular flexibility index (Phi) is 9.49. The average molecular weight is 343 g/mol. The van der Waals surface area contributed by atoms with Gasteiger partial charge in [-0.2, -0.15) is 0 Å². The van der Waals surface area contributed by atoms with Crippen LogP contribution < -0.4 is 11.5 Å². The van der Waals surface area contributed by atoms with E-state index >= 15 is 0 Å². The lowest BCUT2D eigenvalue weighted by molar-refractivity contribution is -0.923. The Hall–Kier alpha value is -0.120. The molecule has 0 saturated heterocycles. The quantitative estimate of drug-likeness (QED) is 0.408. The summed E-state index contributed by atoms with van der Waals surface area (Å²) in [6.45, 7) is 17.9. The highest BCUT2D eigenvalue weighted by Gasteiger charge is 2.38. The van der Waals surface area contributed by atoms with E-state index in [-0.39, 0.29) is 11.0 Å². The molecule has 3 heteroatoms. The fourth-order valence-corrected chi connectivity index (χ4v) is 3.71. The van der Waals surface area contributed by atoms with Crippen LogP contribution in [0.2, 0.25) is 0 Å². The van der Waals surface area contributed by atoms with Crippen LogP contribution in [0.1, 0.15) is 80.6 Å². The molecular weight excluding hydrogens is 294 g/mol. The number of nitrogens with two attached hydrogens (primary N) is 2. The number of quaternary nitrogens is 1. The smallest absolute Gasteiger partial charge is 0.0921 e. The van der Waals surface area contributed by atoms with Crippen molar-refractivity contribution in [3.63, 3.8) is 0 Å². The summed E-state index contributed by atoms with van der Waals surface area (Å²) in [6, 6.07) is 0.539. The molecule has 24 heavy (non-hydrogen) atoms. The summed E-state index contributed by atoms with van der Waals surface area (Å²) in [5.74, 6) is 1.28. The minimum absolute atomic E-state index is 0.0949. The van der Waals surface area contributed by atoms with Gasteiger partial charge in [0.15, 0.2) is 0 Å². The summed E-state index contributed by atoms with van der Waals surface area (Å²) in [5, 5.41) is 0. The number of hydrogen-bond acceptors (Lipinski definition) is 2. The number of unbranched alkanes of at least 4 members (excludes halogenated alkanes) is 2. The second kappa shape index (κ2) is 9.54. The molecule has 0 fully saturated rings. The predicted molar refractivity (Wildman–Crippen MR) is 109 cm³/mol. The van der Waals surface area contributed by atoms with Crippen LogP contribution in [0.3, 0.4) is 0 Å². The Morgan fingerprint density at radius 3 is 1.96 bits per heavy atom. The van der Waals surface area contributed by atoms with Gasteiger partial charge in [-0.25, -0.2) is 0 Å². The molecule has 3 unspecified atom stereocenters.